The average molecular weight is 505 g/mol. The van der Waals surface area contributed by atoms with Crippen LogP contribution in [0.5, 0.6) is 0 Å². The van der Waals surface area contributed by atoms with Gasteiger partial charge in [0, 0.05) is 31.7 Å². The zero-order valence-electron chi connectivity index (χ0n) is 20.6. The fourth-order valence-corrected chi connectivity index (χ4v) is 6.04. The lowest BCUT2D eigenvalue weighted by Crippen LogP contribution is -2.57. The number of nitrogens with zero attached hydrogens (tertiary/aromatic N) is 4. The number of fused-ring (bicyclic) bond motifs is 2. The molecule has 2 aromatic rings. The summed E-state index contributed by atoms with van der Waals surface area (Å²) >= 11 is 6.56. The lowest BCUT2D eigenvalue weighted by atomic mass is 9.81. The molecule has 0 bridgehead atoms. The summed E-state index contributed by atoms with van der Waals surface area (Å²) in [7, 11) is 1.99. The molecule has 4 rings (SSSR count). The van der Waals surface area contributed by atoms with E-state index in [9.17, 15) is 18.5 Å². The maximum absolute atomic E-state index is 14.6. The van der Waals surface area contributed by atoms with Crippen molar-refractivity contribution in [1.29, 1.82) is 0 Å². The van der Waals surface area contributed by atoms with E-state index in [0.29, 0.717) is 61.4 Å². The van der Waals surface area contributed by atoms with E-state index < -0.39 is 17.0 Å². The molecule has 6 nitrogen and oxygen atoms in total. The molecule has 1 saturated heterocycles. The maximum Gasteiger partial charge on any atom is 0.306 e. The van der Waals surface area contributed by atoms with Crippen LogP contribution < -0.4 is 0 Å². The third-order valence-corrected chi connectivity index (χ3v) is 8.01. The topological polar surface area (TPSA) is 57.9 Å². The standard InChI is InChI=1S/C26H31ClF2N4O2/c1-6-26(28,29)21-16-20(27)22-25(31(5)13-14-33(21)22)9-11-32(12-10-25)23(34)18-7-8-19(17(2)15-18)24(3,4)30-35/h6-8,15-16H,1,9-14H2,2-5H3. The quantitative estimate of drug-likeness (QED) is 0.381. The molecular formula is C26H31ClF2N4O2. The molecule has 0 aliphatic carbocycles. The van der Waals surface area contributed by atoms with Crippen LogP contribution in [-0.4, -0.2) is 47.0 Å². The predicted octanol–water partition coefficient (Wildman–Crippen LogP) is 5.81. The van der Waals surface area contributed by atoms with Crippen LogP contribution in [0.1, 0.15) is 59.6 Å². The number of nitroso groups, excluding NO2 is 1. The molecule has 2 aliphatic heterocycles. The molecule has 9 heteroatoms. The molecule has 0 unspecified atom stereocenters. The third-order valence-electron chi connectivity index (χ3n) is 7.72. The van der Waals surface area contributed by atoms with E-state index in [1.54, 1.807) is 41.5 Å². The van der Waals surface area contributed by atoms with Gasteiger partial charge in [-0.05, 0) is 76.1 Å². The molecule has 2 aliphatic rings. The zero-order valence-corrected chi connectivity index (χ0v) is 21.3. The molecule has 188 valence electrons. The normalized spacial score (nSPS) is 18.4. The zero-order chi connectivity index (χ0) is 25.8. The molecule has 0 radical (unpaired) electrons. The Hall–Kier alpha value is -2.58. The van der Waals surface area contributed by atoms with Gasteiger partial charge < -0.3 is 9.47 Å². The van der Waals surface area contributed by atoms with E-state index in [4.69, 9.17) is 11.6 Å². The van der Waals surface area contributed by atoms with Crippen LogP contribution in [0.2, 0.25) is 5.02 Å². The lowest BCUT2D eigenvalue weighted by Gasteiger charge is -2.51. The molecule has 0 atom stereocenters. The fourth-order valence-electron chi connectivity index (χ4n) is 5.66. The van der Waals surface area contributed by atoms with Crippen molar-refractivity contribution in [3.63, 3.8) is 0 Å². The smallest absolute Gasteiger partial charge is 0.306 e. The summed E-state index contributed by atoms with van der Waals surface area (Å²) in [4.78, 5) is 28.5. The van der Waals surface area contributed by atoms with E-state index in [1.807, 2.05) is 14.0 Å². The Balaban J connectivity index is 1.59. The van der Waals surface area contributed by atoms with Crippen molar-refractivity contribution in [1.82, 2.24) is 14.4 Å². The highest BCUT2D eigenvalue weighted by Gasteiger charge is 2.48. The van der Waals surface area contributed by atoms with Gasteiger partial charge in [0.2, 0.25) is 0 Å². The second-order valence-corrected chi connectivity index (χ2v) is 10.5. The molecule has 0 N–H and O–H groups in total. The molecule has 1 aromatic heterocycles. The lowest BCUT2D eigenvalue weighted by molar-refractivity contribution is 0.00486. The molecule has 35 heavy (non-hydrogen) atoms. The van der Waals surface area contributed by atoms with Crippen molar-refractivity contribution < 1.29 is 13.6 Å². The van der Waals surface area contributed by atoms with Crippen molar-refractivity contribution in [3.05, 3.63) is 74.9 Å². The van der Waals surface area contributed by atoms with Gasteiger partial charge in [0.15, 0.2) is 0 Å². The fraction of sp³-hybridized carbons (Fsp3) is 0.500. The third kappa shape index (κ3) is 4.10. The van der Waals surface area contributed by atoms with Crippen molar-refractivity contribution in [3.8, 4) is 0 Å². The van der Waals surface area contributed by atoms with E-state index in [1.165, 1.54) is 6.07 Å². The highest BCUT2D eigenvalue weighted by atomic mass is 35.5. The number of alkyl halides is 2. The number of halogens is 3. The number of benzene rings is 1. The molecule has 1 fully saturated rings. The number of likely N-dealkylation sites (tertiary alicyclic amines) is 1. The monoisotopic (exact) mass is 504 g/mol. The van der Waals surface area contributed by atoms with Gasteiger partial charge in [-0.2, -0.15) is 8.78 Å². The van der Waals surface area contributed by atoms with Gasteiger partial charge >= 0.3 is 5.92 Å². The second kappa shape index (κ2) is 8.82. The number of rotatable bonds is 5. The van der Waals surface area contributed by atoms with Gasteiger partial charge in [0.25, 0.3) is 5.91 Å². The Morgan fingerprint density at radius 1 is 1.17 bits per heavy atom. The Labute approximate surface area is 209 Å². The first-order chi connectivity index (χ1) is 16.4. The minimum Gasteiger partial charge on any atom is -0.339 e. The minimum atomic E-state index is -3.17. The predicted molar refractivity (Wildman–Crippen MR) is 133 cm³/mol. The Morgan fingerprint density at radius 2 is 1.83 bits per heavy atom. The molecule has 1 amide bonds. The molecular weight excluding hydrogens is 474 g/mol. The number of aryl methyl sites for hydroxylation is 1. The Kier molecular flexibility index (Phi) is 6.43. The number of amides is 1. The molecule has 1 aromatic carbocycles. The number of aromatic nitrogens is 1. The number of carbonyl (C=O) groups is 1. The van der Waals surface area contributed by atoms with Crippen LogP contribution in [0, 0.1) is 11.8 Å². The van der Waals surface area contributed by atoms with Crippen molar-refractivity contribution in [2.75, 3.05) is 26.7 Å². The summed E-state index contributed by atoms with van der Waals surface area (Å²) in [6, 6.07) is 6.68. The van der Waals surface area contributed by atoms with Gasteiger partial charge in [-0.15, -0.1) is 4.91 Å². The van der Waals surface area contributed by atoms with Crippen LogP contribution in [-0.2, 0) is 23.5 Å². The first-order valence-electron chi connectivity index (χ1n) is 11.8. The summed E-state index contributed by atoms with van der Waals surface area (Å²) in [5, 5.41) is 3.53. The maximum atomic E-state index is 14.6. The van der Waals surface area contributed by atoms with Crippen LogP contribution in [0.3, 0.4) is 0 Å². The van der Waals surface area contributed by atoms with E-state index in [2.05, 4.69) is 16.7 Å². The number of hydrogen-bond acceptors (Lipinski definition) is 4. The van der Waals surface area contributed by atoms with Gasteiger partial charge in [-0.3, -0.25) is 9.69 Å². The number of allylic oxidation sites excluding steroid dienone is 1. The van der Waals surface area contributed by atoms with Crippen LogP contribution >= 0.6 is 11.6 Å². The van der Waals surface area contributed by atoms with E-state index in [-0.39, 0.29) is 11.6 Å². The SMILES string of the molecule is C=CC(F)(F)c1cc(Cl)c2n1CCN(C)C21CCN(C(=O)c2ccc(C(C)(C)N=O)c(C)c2)CC1. The van der Waals surface area contributed by atoms with Crippen LogP contribution in [0.4, 0.5) is 8.78 Å². The van der Waals surface area contributed by atoms with Crippen molar-refractivity contribution >= 4 is 17.5 Å². The van der Waals surface area contributed by atoms with Crippen LogP contribution in [0.25, 0.3) is 0 Å². The number of carbonyl (C=O) groups excluding carboxylic acids is 1. The number of piperidine rings is 1. The first kappa shape index (κ1) is 25.5. The van der Waals surface area contributed by atoms with Gasteiger partial charge in [-0.25, -0.2) is 0 Å². The summed E-state index contributed by atoms with van der Waals surface area (Å²) in [5.74, 6) is -3.27. The summed E-state index contributed by atoms with van der Waals surface area (Å²) in [5.41, 5.74) is 1.33. The minimum absolute atomic E-state index is 0.0924. The number of likely N-dealkylation sites (N-methyl/N-ethyl adjacent to an activating group) is 1. The molecule has 3 heterocycles. The average Bonchev–Trinajstić information content (AvgIpc) is 3.19. The van der Waals surface area contributed by atoms with Crippen molar-refractivity contribution in [2.45, 2.75) is 57.2 Å². The van der Waals surface area contributed by atoms with Gasteiger partial charge in [0.05, 0.1) is 21.9 Å². The molecule has 0 saturated carbocycles. The van der Waals surface area contributed by atoms with Crippen molar-refractivity contribution in [2.24, 2.45) is 5.18 Å². The molecule has 1 spiro atoms. The Bertz CT molecular complexity index is 1180. The van der Waals surface area contributed by atoms with Gasteiger partial charge in [0.1, 0.15) is 5.54 Å². The van der Waals surface area contributed by atoms with Gasteiger partial charge in [-0.1, -0.05) is 29.4 Å². The number of hydrogen-bond donors (Lipinski definition) is 0. The van der Waals surface area contributed by atoms with Crippen LogP contribution in [0.15, 0.2) is 42.1 Å². The van der Waals surface area contributed by atoms with E-state index in [0.717, 1.165) is 11.1 Å². The summed E-state index contributed by atoms with van der Waals surface area (Å²) in [6.45, 7) is 10.6. The highest BCUT2D eigenvalue weighted by Crippen LogP contribution is 2.47. The van der Waals surface area contributed by atoms with E-state index >= 15 is 0 Å². The summed E-state index contributed by atoms with van der Waals surface area (Å²) in [6.07, 6.45) is 1.81. The Morgan fingerprint density at radius 3 is 2.40 bits per heavy atom. The largest absolute Gasteiger partial charge is 0.339 e. The second-order valence-electron chi connectivity index (χ2n) is 10.1. The summed E-state index contributed by atoms with van der Waals surface area (Å²) < 4.78 is 30.8. The highest BCUT2D eigenvalue weighted by molar-refractivity contribution is 6.31. The first-order valence-corrected chi connectivity index (χ1v) is 12.1.